The normalized spacial score (nSPS) is 10.4. The SMILES string of the molecule is Cc1cccc(NC(=O)CNCc2cc(F)ccc2Br)c1. The monoisotopic (exact) mass is 350 g/mol. The van der Waals surface area contributed by atoms with Gasteiger partial charge in [0.1, 0.15) is 5.82 Å². The number of hydrogen-bond donors (Lipinski definition) is 2. The molecule has 2 rings (SSSR count). The number of amides is 1. The van der Waals surface area contributed by atoms with Crippen molar-refractivity contribution in [2.24, 2.45) is 0 Å². The molecule has 0 spiro atoms. The van der Waals surface area contributed by atoms with Crippen LogP contribution in [0.5, 0.6) is 0 Å². The predicted octanol–water partition coefficient (Wildman–Crippen LogP) is 3.62. The Balaban J connectivity index is 1.83. The van der Waals surface area contributed by atoms with Crippen LogP contribution in [0.25, 0.3) is 0 Å². The van der Waals surface area contributed by atoms with Crippen LogP contribution in [0.2, 0.25) is 0 Å². The quantitative estimate of drug-likeness (QED) is 0.864. The molecule has 0 atom stereocenters. The van der Waals surface area contributed by atoms with Crippen molar-refractivity contribution in [3.8, 4) is 0 Å². The number of hydrogen-bond acceptors (Lipinski definition) is 2. The summed E-state index contributed by atoms with van der Waals surface area (Å²) in [7, 11) is 0. The van der Waals surface area contributed by atoms with E-state index in [2.05, 4.69) is 26.6 Å². The lowest BCUT2D eigenvalue weighted by Crippen LogP contribution is -2.27. The minimum absolute atomic E-state index is 0.131. The highest BCUT2D eigenvalue weighted by atomic mass is 79.9. The summed E-state index contributed by atoms with van der Waals surface area (Å²) in [6.07, 6.45) is 0. The lowest BCUT2D eigenvalue weighted by atomic mass is 10.2. The van der Waals surface area contributed by atoms with Crippen LogP contribution in [-0.4, -0.2) is 12.5 Å². The summed E-state index contributed by atoms with van der Waals surface area (Å²) in [4.78, 5) is 11.8. The molecule has 2 N–H and O–H groups in total. The second-order valence-electron chi connectivity index (χ2n) is 4.76. The molecule has 0 fully saturated rings. The minimum atomic E-state index is -0.292. The topological polar surface area (TPSA) is 41.1 Å². The zero-order valence-electron chi connectivity index (χ0n) is 11.6. The van der Waals surface area contributed by atoms with Gasteiger partial charge in [-0.05, 0) is 48.4 Å². The van der Waals surface area contributed by atoms with Crippen LogP contribution < -0.4 is 10.6 Å². The summed E-state index contributed by atoms with van der Waals surface area (Å²) in [6.45, 7) is 2.55. The van der Waals surface area contributed by atoms with Gasteiger partial charge >= 0.3 is 0 Å². The van der Waals surface area contributed by atoms with Crippen molar-refractivity contribution < 1.29 is 9.18 Å². The number of carbonyl (C=O) groups is 1. The first kappa shape index (κ1) is 15.7. The van der Waals surface area contributed by atoms with E-state index in [0.717, 1.165) is 21.3 Å². The molecule has 0 saturated carbocycles. The Hall–Kier alpha value is -1.72. The van der Waals surface area contributed by atoms with E-state index < -0.39 is 0 Å². The van der Waals surface area contributed by atoms with Gasteiger partial charge in [0, 0.05) is 16.7 Å². The number of benzene rings is 2. The van der Waals surface area contributed by atoms with Gasteiger partial charge in [-0.3, -0.25) is 4.79 Å². The molecule has 0 saturated heterocycles. The molecule has 0 aromatic heterocycles. The Kier molecular flexibility index (Phi) is 5.47. The van der Waals surface area contributed by atoms with E-state index in [9.17, 15) is 9.18 Å². The summed E-state index contributed by atoms with van der Waals surface area (Å²) in [5, 5.41) is 5.80. The fourth-order valence-electron chi connectivity index (χ4n) is 1.92. The Labute approximate surface area is 131 Å². The van der Waals surface area contributed by atoms with E-state index >= 15 is 0 Å². The maximum atomic E-state index is 13.1. The molecule has 0 bridgehead atoms. The number of halogens is 2. The highest BCUT2D eigenvalue weighted by Gasteiger charge is 2.05. The van der Waals surface area contributed by atoms with E-state index in [-0.39, 0.29) is 18.3 Å². The molecule has 0 radical (unpaired) electrons. The van der Waals surface area contributed by atoms with Crippen molar-refractivity contribution >= 4 is 27.5 Å². The van der Waals surface area contributed by atoms with Crippen molar-refractivity contribution in [3.63, 3.8) is 0 Å². The molecule has 0 aliphatic heterocycles. The standard InChI is InChI=1S/C16H16BrFN2O/c1-11-3-2-4-14(7-11)20-16(21)10-19-9-12-8-13(18)5-6-15(12)17/h2-8,19H,9-10H2,1H3,(H,20,21). The molecule has 2 aromatic rings. The van der Waals surface area contributed by atoms with Crippen LogP contribution in [0.3, 0.4) is 0 Å². The molecular formula is C16H16BrFN2O. The molecule has 3 nitrogen and oxygen atoms in total. The van der Waals surface area contributed by atoms with Gasteiger partial charge < -0.3 is 10.6 Å². The minimum Gasteiger partial charge on any atom is -0.325 e. The molecule has 1 amide bonds. The largest absolute Gasteiger partial charge is 0.325 e. The fourth-order valence-corrected chi connectivity index (χ4v) is 2.30. The van der Waals surface area contributed by atoms with Crippen molar-refractivity contribution in [2.45, 2.75) is 13.5 Å². The number of aryl methyl sites for hydroxylation is 1. The van der Waals surface area contributed by atoms with E-state index in [0.29, 0.717) is 6.54 Å². The molecular weight excluding hydrogens is 335 g/mol. The Morgan fingerprint density at radius 2 is 2.05 bits per heavy atom. The molecule has 0 aliphatic carbocycles. The van der Waals surface area contributed by atoms with Crippen molar-refractivity contribution in [1.82, 2.24) is 5.32 Å². The number of anilines is 1. The van der Waals surface area contributed by atoms with Crippen LogP contribution in [0.15, 0.2) is 46.9 Å². The van der Waals surface area contributed by atoms with Gasteiger partial charge in [0.15, 0.2) is 0 Å². The number of rotatable bonds is 5. The summed E-state index contributed by atoms with van der Waals surface area (Å²) < 4.78 is 13.9. The van der Waals surface area contributed by atoms with Gasteiger partial charge in [0.2, 0.25) is 5.91 Å². The van der Waals surface area contributed by atoms with Gasteiger partial charge in [0.25, 0.3) is 0 Å². The smallest absolute Gasteiger partial charge is 0.238 e. The molecule has 21 heavy (non-hydrogen) atoms. The third kappa shape index (κ3) is 4.95. The van der Waals surface area contributed by atoms with E-state index in [4.69, 9.17) is 0 Å². The molecule has 0 unspecified atom stereocenters. The summed E-state index contributed by atoms with van der Waals surface area (Å²) >= 11 is 3.35. The van der Waals surface area contributed by atoms with Crippen LogP contribution >= 0.6 is 15.9 Å². The third-order valence-corrected chi connectivity index (χ3v) is 3.68. The highest BCUT2D eigenvalue weighted by molar-refractivity contribution is 9.10. The number of nitrogens with one attached hydrogen (secondary N) is 2. The zero-order valence-corrected chi connectivity index (χ0v) is 13.2. The first-order valence-electron chi connectivity index (χ1n) is 6.56. The van der Waals surface area contributed by atoms with Gasteiger partial charge in [0.05, 0.1) is 6.54 Å². The van der Waals surface area contributed by atoms with E-state index in [1.165, 1.54) is 12.1 Å². The predicted molar refractivity (Wildman–Crippen MR) is 85.6 cm³/mol. The second-order valence-corrected chi connectivity index (χ2v) is 5.61. The maximum absolute atomic E-state index is 13.1. The van der Waals surface area contributed by atoms with Crippen molar-refractivity contribution in [1.29, 1.82) is 0 Å². The van der Waals surface area contributed by atoms with Crippen molar-refractivity contribution in [2.75, 3.05) is 11.9 Å². The summed E-state index contributed by atoms with van der Waals surface area (Å²) in [5.41, 5.74) is 2.64. The van der Waals surface area contributed by atoms with Crippen molar-refractivity contribution in [3.05, 3.63) is 63.9 Å². The Bertz CT molecular complexity index is 646. The number of carbonyl (C=O) groups excluding carboxylic acids is 1. The molecule has 0 aliphatic rings. The first-order chi connectivity index (χ1) is 10.0. The molecule has 0 heterocycles. The van der Waals surface area contributed by atoms with Gasteiger partial charge in [-0.2, -0.15) is 0 Å². The van der Waals surface area contributed by atoms with Crippen LogP contribution in [0.4, 0.5) is 10.1 Å². The average Bonchev–Trinajstić information content (AvgIpc) is 2.42. The third-order valence-electron chi connectivity index (χ3n) is 2.91. The molecule has 2 aromatic carbocycles. The Morgan fingerprint density at radius 3 is 2.81 bits per heavy atom. The van der Waals surface area contributed by atoms with E-state index in [1.54, 1.807) is 6.07 Å². The van der Waals surface area contributed by atoms with Gasteiger partial charge in [-0.15, -0.1) is 0 Å². The summed E-state index contributed by atoms with van der Waals surface area (Å²) in [6, 6.07) is 12.1. The van der Waals surface area contributed by atoms with E-state index in [1.807, 2.05) is 31.2 Å². The highest BCUT2D eigenvalue weighted by Crippen LogP contribution is 2.17. The van der Waals surface area contributed by atoms with Gasteiger partial charge in [-0.25, -0.2) is 4.39 Å². The summed E-state index contributed by atoms with van der Waals surface area (Å²) in [5.74, 6) is -0.424. The lowest BCUT2D eigenvalue weighted by Gasteiger charge is -2.08. The average molecular weight is 351 g/mol. The molecule has 5 heteroatoms. The Morgan fingerprint density at radius 1 is 1.24 bits per heavy atom. The zero-order chi connectivity index (χ0) is 15.2. The van der Waals surface area contributed by atoms with Crippen LogP contribution in [0, 0.1) is 12.7 Å². The lowest BCUT2D eigenvalue weighted by molar-refractivity contribution is -0.115. The van der Waals surface area contributed by atoms with Crippen LogP contribution in [-0.2, 0) is 11.3 Å². The van der Waals surface area contributed by atoms with Gasteiger partial charge in [-0.1, -0.05) is 28.1 Å². The molecule has 110 valence electrons. The van der Waals surface area contributed by atoms with Crippen LogP contribution in [0.1, 0.15) is 11.1 Å². The maximum Gasteiger partial charge on any atom is 0.238 e. The second kappa shape index (κ2) is 7.33. The fraction of sp³-hybridized carbons (Fsp3) is 0.188. The first-order valence-corrected chi connectivity index (χ1v) is 7.35.